The van der Waals surface area contributed by atoms with Gasteiger partial charge in [-0.2, -0.15) is 0 Å². The first kappa shape index (κ1) is 21.7. The van der Waals surface area contributed by atoms with E-state index in [1.807, 2.05) is 36.4 Å². The van der Waals surface area contributed by atoms with Gasteiger partial charge in [-0.05, 0) is 28.2 Å². The lowest BCUT2D eigenvalue weighted by Gasteiger charge is -2.14. The quantitative estimate of drug-likeness (QED) is 0.592. The third-order valence-corrected chi connectivity index (χ3v) is 6.51. The Morgan fingerprint density at radius 1 is 1.09 bits per heavy atom. The van der Waals surface area contributed by atoms with Crippen molar-refractivity contribution in [2.24, 2.45) is 11.8 Å². The SMILES string of the molecule is C[C@@H]1CN(C(=O)c2cc(NC(=O)OCC3c4ccccc4-c4ccccc43)on2)C[C@H]1C(=O)O. The lowest BCUT2D eigenvalue weighted by Crippen LogP contribution is -2.30. The molecule has 3 aromatic rings. The van der Waals surface area contributed by atoms with E-state index in [1.165, 1.54) is 11.0 Å². The van der Waals surface area contributed by atoms with Gasteiger partial charge < -0.3 is 19.3 Å². The van der Waals surface area contributed by atoms with Crippen LogP contribution in [-0.4, -0.2) is 52.8 Å². The smallest absolute Gasteiger partial charge is 0.414 e. The van der Waals surface area contributed by atoms with Crippen LogP contribution in [0.2, 0.25) is 0 Å². The lowest BCUT2D eigenvalue weighted by molar-refractivity contribution is -0.142. The number of aliphatic carboxylic acids is 1. The molecule has 1 fully saturated rings. The molecule has 0 spiro atoms. The molecule has 2 heterocycles. The lowest BCUT2D eigenvalue weighted by atomic mass is 9.98. The van der Waals surface area contributed by atoms with E-state index in [0.29, 0.717) is 6.54 Å². The standard InChI is InChI=1S/C25H23N3O6/c1-14-11-28(12-19(14)24(30)31)23(29)21-10-22(34-27-21)26-25(32)33-13-20-17-8-4-2-6-15(17)16-7-3-5-9-18(16)20/h2-10,14,19-20H,11-13H2,1H3,(H,26,32)(H,30,31)/t14-,19-/m1/s1. The molecule has 9 heteroatoms. The van der Waals surface area contributed by atoms with Gasteiger partial charge in [0.15, 0.2) is 5.69 Å². The second-order valence-electron chi connectivity index (χ2n) is 8.66. The Bertz CT molecular complexity index is 1220. The summed E-state index contributed by atoms with van der Waals surface area (Å²) in [6.07, 6.45) is -0.724. The van der Waals surface area contributed by atoms with Gasteiger partial charge in [0.1, 0.15) is 6.61 Å². The van der Waals surface area contributed by atoms with Gasteiger partial charge in [0.25, 0.3) is 5.91 Å². The van der Waals surface area contributed by atoms with E-state index in [9.17, 15) is 19.5 Å². The first-order valence-corrected chi connectivity index (χ1v) is 11.0. The molecule has 1 saturated heterocycles. The van der Waals surface area contributed by atoms with Crippen LogP contribution in [0.4, 0.5) is 10.7 Å². The number of hydrogen-bond donors (Lipinski definition) is 2. The Morgan fingerprint density at radius 2 is 1.74 bits per heavy atom. The van der Waals surface area contributed by atoms with Crippen molar-refractivity contribution in [2.75, 3.05) is 25.0 Å². The normalized spacial score (nSPS) is 18.9. The molecule has 2 atom stereocenters. The number of benzene rings is 2. The van der Waals surface area contributed by atoms with Crippen molar-refractivity contribution in [1.82, 2.24) is 10.1 Å². The van der Waals surface area contributed by atoms with Gasteiger partial charge in [0, 0.05) is 25.1 Å². The summed E-state index contributed by atoms with van der Waals surface area (Å²) < 4.78 is 10.5. The molecule has 0 bridgehead atoms. The molecule has 174 valence electrons. The molecule has 2 aromatic carbocycles. The van der Waals surface area contributed by atoms with Crippen molar-refractivity contribution < 1.29 is 28.8 Å². The van der Waals surface area contributed by atoms with E-state index in [0.717, 1.165) is 22.3 Å². The molecular weight excluding hydrogens is 438 g/mol. The Labute approximate surface area is 195 Å². The highest BCUT2D eigenvalue weighted by Crippen LogP contribution is 2.44. The van der Waals surface area contributed by atoms with Gasteiger partial charge in [0.2, 0.25) is 5.88 Å². The fourth-order valence-corrected chi connectivity index (χ4v) is 4.79. The molecule has 9 nitrogen and oxygen atoms in total. The van der Waals surface area contributed by atoms with Crippen molar-refractivity contribution in [3.8, 4) is 11.1 Å². The molecule has 0 radical (unpaired) electrons. The fraction of sp³-hybridized carbons (Fsp3) is 0.280. The van der Waals surface area contributed by atoms with Crippen LogP contribution in [0, 0.1) is 11.8 Å². The Morgan fingerprint density at radius 3 is 2.35 bits per heavy atom. The molecule has 1 aromatic heterocycles. The van der Waals surface area contributed by atoms with E-state index in [1.54, 1.807) is 6.92 Å². The molecule has 2 aliphatic rings. The number of rotatable bonds is 5. The van der Waals surface area contributed by atoms with Crippen LogP contribution in [0.3, 0.4) is 0 Å². The van der Waals surface area contributed by atoms with Crippen LogP contribution in [0.25, 0.3) is 11.1 Å². The molecule has 0 saturated carbocycles. The highest BCUT2D eigenvalue weighted by molar-refractivity contribution is 5.94. The van der Waals surface area contributed by atoms with Crippen LogP contribution in [0.5, 0.6) is 0 Å². The fourth-order valence-electron chi connectivity index (χ4n) is 4.79. The summed E-state index contributed by atoms with van der Waals surface area (Å²) in [6, 6.07) is 17.4. The minimum absolute atomic E-state index is 0.00723. The molecule has 34 heavy (non-hydrogen) atoms. The van der Waals surface area contributed by atoms with E-state index >= 15 is 0 Å². The van der Waals surface area contributed by atoms with Crippen molar-refractivity contribution >= 4 is 23.9 Å². The number of likely N-dealkylation sites (tertiary alicyclic amines) is 1. The summed E-state index contributed by atoms with van der Waals surface area (Å²) in [7, 11) is 0. The summed E-state index contributed by atoms with van der Waals surface area (Å²) >= 11 is 0. The number of carboxylic acids is 1. The van der Waals surface area contributed by atoms with Crippen LogP contribution >= 0.6 is 0 Å². The molecule has 5 rings (SSSR count). The third-order valence-electron chi connectivity index (χ3n) is 6.51. The average Bonchev–Trinajstić information content (AvgIpc) is 3.53. The number of carboxylic acid groups (broad SMARTS) is 1. The Hall–Kier alpha value is -4.14. The van der Waals surface area contributed by atoms with Gasteiger partial charge in [-0.3, -0.25) is 14.9 Å². The maximum absolute atomic E-state index is 12.7. The first-order chi connectivity index (χ1) is 16.4. The number of fused-ring (bicyclic) bond motifs is 3. The Kier molecular flexibility index (Phi) is 5.53. The number of aromatic nitrogens is 1. The number of anilines is 1. The van der Waals surface area contributed by atoms with Crippen LogP contribution in [0.15, 0.2) is 59.1 Å². The first-order valence-electron chi connectivity index (χ1n) is 11.0. The third kappa shape index (κ3) is 3.89. The van der Waals surface area contributed by atoms with Gasteiger partial charge in [-0.25, -0.2) is 4.79 Å². The predicted octanol–water partition coefficient (Wildman–Crippen LogP) is 3.83. The van der Waals surface area contributed by atoms with Gasteiger partial charge in [-0.15, -0.1) is 0 Å². The number of carbonyl (C=O) groups is 3. The number of ether oxygens (including phenoxy) is 1. The monoisotopic (exact) mass is 461 g/mol. The highest BCUT2D eigenvalue weighted by atomic mass is 16.6. The van der Waals surface area contributed by atoms with Crippen molar-refractivity contribution in [2.45, 2.75) is 12.8 Å². The minimum atomic E-state index is -0.930. The highest BCUT2D eigenvalue weighted by Gasteiger charge is 2.38. The predicted molar refractivity (Wildman–Crippen MR) is 121 cm³/mol. The van der Waals surface area contributed by atoms with E-state index in [4.69, 9.17) is 9.26 Å². The zero-order valence-electron chi connectivity index (χ0n) is 18.4. The van der Waals surface area contributed by atoms with E-state index < -0.39 is 23.9 Å². The second kappa shape index (κ2) is 8.66. The molecule has 1 aliphatic carbocycles. The van der Waals surface area contributed by atoms with E-state index in [-0.39, 0.29) is 36.6 Å². The zero-order chi connectivity index (χ0) is 23.8. The molecule has 1 aliphatic heterocycles. The second-order valence-corrected chi connectivity index (χ2v) is 8.66. The largest absolute Gasteiger partial charge is 0.481 e. The topological polar surface area (TPSA) is 122 Å². The molecule has 2 N–H and O–H groups in total. The van der Waals surface area contributed by atoms with Crippen molar-refractivity contribution in [1.29, 1.82) is 0 Å². The van der Waals surface area contributed by atoms with Crippen LogP contribution < -0.4 is 5.32 Å². The summed E-state index contributed by atoms with van der Waals surface area (Å²) in [4.78, 5) is 37.8. The number of carbonyl (C=O) groups excluding carboxylic acids is 2. The summed E-state index contributed by atoms with van der Waals surface area (Å²) in [5, 5.41) is 15.4. The molecular formula is C25H23N3O6. The summed E-state index contributed by atoms with van der Waals surface area (Å²) in [5.41, 5.74) is 4.46. The van der Waals surface area contributed by atoms with Gasteiger partial charge >= 0.3 is 12.1 Å². The maximum Gasteiger partial charge on any atom is 0.414 e. The summed E-state index contributed by atoms with van der Waals surface area (Å²) in [6.45, 7) is 2.36. The number of hydrogen-bond acceptors (Lipinski definition) is 6. The molecule has 2 amide bonds. The number of nitrogens with one attached hydrogen (secondary N) is 1. The Balaban J connectivity index is 1.21. The number of nitrogens with zero attached hydrogens (tertiary/aromatic N) is 2. The van der Waals surface area contributed by atoms with Gasteiger partial charge in [0.05, 0.1) is 5.92 Å². The van der Waals surface area contributed by atoms with E-state index in [2.05, 4.69) is 22.6 Å². The average molecular weight is 461 g/mol. The van der Waals surface area contributed by atoms with Crippen LogP contribution in [-0.2, 0) is 9.53 Å². The minimum Gasteiger partial charge on any atom is -0.481 e. The zero-order valence-corrected chi connectivity index (χ0v) is 18.4. The summed E-state index contributed by atoms with van der Waals surface area (Å²) in [5.74, 6) is -2.26. The number of amides is 2. The van der Waals surface area contributed by atoms with Crippen LogP contribution in [0.1, 0.15) is 34.5 Å². The molecule has 0 unspecified atom stereocenters. The van der Waals surface area contributed by atoms with Gasteiger partial charge in [-0.1, -0.05) is 60.6 Å². The maximum atomic E-state index is 12.7. The van der Waals surface area contributed by atoms with Crippen molar-refractivity contribution in [3.05, 3.63) is 71.4 Å². The van der Waals surface area contributed by atoms with Crippen molar-refractivity contribution in [3.63, 3.8) is 0 Å².